The Labute approximate surface area is 233 Å². The number of methoxy groups -OCH3 is 1. The van der Waals surface area contributed by atoms with E-state index >= 15 is 0 Å². The van der Waals surface area contributed by atoms with Crippen molar-refractivity contribution in [2.24, 2.45) is 4.99 Å². The highest BCUT2D eigenvalue weighted by molar-refractivity contribution is 7.99. The third-order valence-corrected chi connectivity index (χ3v) is 6.75. The fourth-order valence-electron chi connectivity index (χ4n) is 3.95. The SMILES string of the molecule is CC.CC.CCCC1=Nc2cc(C(=O)NCCc3ccc(OC)c(OCC)c3)ccc2Sc2ccccc21. The van der Waals surface area contributed by atoms with Gasteiger partial charge in [-0.3, -0.25) is 9.79 Å². The minimum absolute atomic E-state index is 0.0969. The second-order valence-corrected chi connectivity index (χ2v) is 9.10. The number of nitrogens with zero attached hydrogens (tertiary/aromatic N) is 1. The highest BCUT2D eigenvalue weighted by Gasteiger charge is 2.18. The van der Waals surface area contributed by atoms with Gasteiger partial charge in [-0.15, -0.1) is 0 Å². The van der Waals surface area contributed by atoms with Gasteiger partial charge in [-0.05, 0) is 61.7 Å². The molecule has 1 heterocycles. The van der Waals surface area contributed by atoms with E-state index in [0.29, 0.717) is 30.9 Å². The number of fused-ring (bicyclic) bond motifs is 2. The molecular formula is C32H42N2O3S. The summed E-state index contributed by atoms with van der Waals surface area (Å²) >= 11 is 1.71. The topological polar surface area (TPSA) is 59.9 Å². The molecule has 3 aromatic carbocycles. The average molecular weight is 535 g/mol. The average Bonchev–Trinajstić information content (AvgIpc) is 3.12. The molecular weight excluding hydrogens is 492 g/mol. The van der Waals surface area contributed by atoms with Crippen molar-refractivity contribution < 1.29 is 14.3 Å². The molecule has 3 aromatic rings. The lowest BCUT2D eigenvalue weighted by Crippen LogP contribution is -2.25. The molecule has 1 aliphatic heterocycles. The fourth-order valence-corrected chi connectivity index (χ4v) is 4.97. The van der Waals surface area contributed by atoms with Crippen LogP contribution in [0.15, 0.2) is 75.4 Å². The van der Waals surface area contributed by atoms with Crippen LogP contribution in [-0.2, 0) is 6.42 Å². The van der Waals surface area contributed by atoms with Gasteiger partial charge in [0.25, 0.3) is 5.91 Å². The molecule has 1 aliphatic rings. The van der Waals surface area contributed by atoms with Crippen molar-refractivity contribution in [3.8, 4) is 11.5 Å². The molecule has 0 spiro atoms. The van der Waals surface area contributed by atoms with Gasteiger partial charge in [-0.2, -0.15) is 0 Å². The lowest BCUT2D eigenvalue weighted by Gasteiger charge is -2.12. The summed E-state index contributed by atoms with van der Waals surface area (Å²) in [6, 6.07) is 20.0. The Kier molecular flexibility index (Phi) is 13.5. The molecule has 0 aromatic heterocycles. The summed E-state index contributed by atoms with van der Waals surface area (Å²) < 4.78 is 11.0. The number of hydrogen-bond acceptors (Lipinski definition) is 5. The maximum absolute atomic E-state index is 12.9. The largest absolute Gasteiger partial charge is 0.493 e. The number of nitrogens with one attached hydrogen (secondary N) is 1. The lowest BCUT2D eigenvalue weighted by atomic mass is 10.1. The predicted molar refractivity (Wildman–Crippen MR) is 161 cm³/mol. The van der Waals surface area contributed by atoms with Crippen LogP contribution in [0.25, 0.3) is 0 Å². The molecule has 0 saturated carbocycles. The number of rotatable bonds is 9. The van der Waals surface area contributed by atoms with Gasteiger partial charge < -0.3 is 14.8 Å². The van der Waals surface area contributed by atoms with E-state index in [2.05, 4.69) is 36.5 Å². The van der Waals surface area contributed by atoms with Crippen LogP contribution in [0.5, 0.6) is 11.5 Å². The summed E-state index contributed by atoms with van der Waals surface area (Å²) in [5.74, 6) is 1.33. The van der Waals surface area contributed by atoms with Crippen molar-refractivity contribution in [1.29, 1.82) is 0 Å². The Morgan fingerprint density at radius 2 is 1.66 bits per heavy atom. The number of ether oxygens (including phenoxy) is 2. The molecule has 4 rings (SSSR count). The van der Waals surface area contributed by atoms with Crippen molar-refractivity contribution in [2.45, 2.75) is 70.6 Å². The summed E-state index contributed by atoms with van der Waals surface area (Å²) in [6.07, 6.45) is 2.62. The number of aliphatic imine (C=N–C) groups is 1. The molecule has 1 amide bonds. The molecule has 0 bridgehead atoms. The number of hydrogen-bond donors (Lipinski definition) is 1. The van der Waals surface area contributed by atoms with E-state index in [4.69, 9.17) is 14.5 Å². The fraction of sp³-hybridized carbons (Fsp3) is 0.375. The Bertz CT molecular complexity index is 1210. The minimum Gasteiger partial charge on any atom is -0.493 e. The molecule has 0 unspecified atom stereocenters. The van der Waals surface area contributed by atoms with E-state index < -0.39 is 0 Å². The third-order valence-electron chi connectivity index (χ3n) is 5.61. The van der Waals surface area contributed by atoms with Crippen LogP contribution in [0, 0.1) is 0 Å². The molecule has 0 saturated heterocycles. The van der Waals surface area contributed by atoms with Crippen LogP contribution in [0.1, 0.15) is 75.9 Å². The van der Waals surface area contributed by atoms with Crippen LogP contribution in [0.4, 0.5) is 5.69 Å². The first kappa shape index (κ1) is 31.0. The molecule has 0 atom stereocenters. The van der Waals surface area contributed by atoms with Crippen LogP contribution in [0.3, 0.4) is 0 Å². The quantitative estimate of drug-likeness (QED) is 0.299. The van der Waals surface area contributed by atoms with E-state index in [1.807, 2.05) is 71.0 Å². The van der Waals surface area contributed by atoms with Gasteiger partial charge in [0.1, 0.15) is 0 Å². The highest BCUT2D eigenvalue weighted by atomic mass is 32.2. The van der Waals surface area contributed by atoms with Crippen molar-refractivity contribution in [2.75, 3.05) is 20.3 Å². The first-order chi connectivity index (χ1) is 18.6. The molecule has 1 N–H and O–H groups in total. The zero-order chi connectivity index (χ0) is 27.9. The summed E-state index contributed by atoms with van der Waals surface area (Å²) in [5, 5.41) is 3.04. The number of benzene rings is 3. The standard InChI is InChI=1S/C28H30N2O3S.2C2H6/c1-4-8-22-21-9-6-7-10-26(21)34-27-14-12-20(18-23(27)30-22)28(31)29-16-15-19-11-13-24(32-3)25(17-19)33-5-2;2*1-2/h6-7,9-14,17-18H,4-5,8,15-16H2,1-3H3,(H,29,31);2*1-2H3. The molecule has 204 valence electrons. The normalized spacial score (nSPS) is 11.2. The monoisotopic (exact) mass is 534 g/mol. The Balaban J connectivity index is 0.00000121. The lowest BCUT2D eigenvalue weighted by molar-refractivity contribution is 0.0954. The molecule has 0 radical (unpaired) electrons. The first-order valence-corrected chi connectivity index (χ1v) is 14.5. The van der Waals surface area contributed by atoms with Crippen LogP contribution in [0.2, 0.25) is 0 Å². The Morgan fingerprint density at radius 1 is 0.895 bits per heavy atom. The van der Waals surface area contributed by atoms with Crippen molar-refractivity contribution >= 4 is 29.1 Å². The molecule has 6 heteroatoms. The summed E-state index contributed by atoms with van der Waals surface area (Å²) in [4.78, 5) is 20.1. The van der Waals surface area contributed by atoms with Crippen LogP contribution in [-0.4, -0.2) is 31.9 Å². The first-order valence-electron chi connectivity index (χ1n) is 13.7. The minimum atomic E-state index is -0.0969. The van der Waals surface area contributed by atoms with E-state index in [0.717, 1.165) is 40.4 Å². The van der Waals surface area contributed by atoms with E-state index in [1.165, 1.54) is 10.5 Å². The number of amides is 1. The summed E-state index contributed by atoms with van der Waals surface area (Å²) in [6.45, 7) is 13.2. The van der Waals surface area contributed by atoms with E-state index in [1.54, 1.807) is 18.9 Å². The maximum atomic E-state index is 12.9. The summed E-state index contributed by atoms with van der Waals surface area (Å²) in [5.41, 5.74) is 4.81. The Morgan fingerprint density at radius 3 is 2.37 bits per heavy atom. The van der Waals surface area contributed by atoms with Crippen LogP contribution >= 0.6 is 11.8 Å². The highest BCUT2D eigenvalue weighted by Crippen LogP contribution is 2.41. The second kappa shape index (κ2) is 16.6. The van der Waals surface area contributed by atoms with Crippen LogP contribution < -0.4 is 14.8 Å². The number of carbonyl (C=O) groups is 1. The van der Waals surface area contributed by atoms with Crippen molar-refractivity contribution in [1.82, 2.24) is 5.32 Å². The van der Waals surface area contributed by atoms with Gasteiger partial charge >= 0.3 is 0 Å². The second-order valence-electron chi connectivity index (χ2n) is 8.01. The number of carbonyl (C=O) groups excluding carboxylic acids is 1. The van der Waals surface area contributed by atoms with Crippen molar-refractivity contribution in [3.63, 3.8) is 0 Å². The van der Waals surface area contributed by atoms with Gasteiger partial charge in [0.05, 0.1) is 19.4 Å². The summed E-state index contributed by atoms with van der Waals surface area (Å²) in [7, 11) is 1.63. The zero-order valence-corrected chi connectivity index (χ0v) is 24.7. The Hall–Kier alpha value is -3.25. The molecule has 0 fully saturated rings. The van der Waals surface area contributed by atoms with E-state index in [9.17, 15) is 4.79 Å². The molecule has 0 aliphatic carbocycles. The maximum Gasteiger partial charge on any atom is 0.251 e. The predicted octanol–water partition coefficient (Wildman–Crippen LogP) is 8.50. The van der Waals surface area contributed by atoms with Gasteiger partial charge in [0.15, 0.2) is 11.5 Å². The van der Waals surface area contributed by atoms with Gasteiger partial charge in [0, 0.05) is 33.2 Å². The zero-order valence-electron chi connectivity index (χ0n) is 23.9. The van der Waals surface area contributed by atoms with E-state index in [-0.39, 0.29) is 5.91 Å². The van der Waals surface area contributed by atoms with Gasteiger partial charge in [-0.25, -0.2) is 0 Å². The third kappa shape index (κ3) is 8.12. The van der Waals surface area contributed by atoms with Gasteiger partial charge in [0.2, 0.25) is 0 Å². The molecule has 5 nitrogen and oxygen atoms in total. The van der Waals surface area contributed by atoms with Crippen molar-refractivity contribution in [3.05, 3.63) is 77.4 Å². The smallest absolute Gasteiger partial charge is 0.251 e. The van der Waals surface area contributed by atoms with Gasteiger partial charge in [-0.1, -0.05) is 77.1 Å². The molecule has 38 heavy (non-hydrogen) atoms.